The molecule has 0 aliphatic heterocycles. The molecule has 7 nitrogen and oxygen atoms in total. The molecule has 0 heterocycles. The molecule has 3 aromatic carbocycles. The molecule has 180 valence electrons. The van der Waals surface area contributed by atoms with Crippen LogP contribution >= 0.6 is 0 Å². The number of amides is 2. The first-order chi connectivity index (χ1) is 16.9. The number of benzene rings is 3. The number of carbonyl (C=O) groups is 3. The summed E-state index contributed by atoms with van der Waals surface area (Å²) in [6.45, 7) is 3.27. The smallest absolute Gasteiger partial charge is 0.407 e. The molecule has 0 radical (unpaired) electrons. The molecule has 7 heteroatoms. The van der Waals surface area contributed by atoms with Crippen LogP contribution in [-0.4, -0.2) is 42.3 Å². The summed E-state index contributed by atoms with van der Waals surface area (Å²) in [5.41, 5.74) is 5.88. The first kappa shape index (κ1) is 24.0. The van der Waals surface area contributed by atoms with Crippen molar-refractivity contribution in [1.82, 2.24) is 5.32 Å². The van der Waals surface area contributed by atoms with Crippen molar-refractivity contribution in [3.63, 3.8) is 0 Å². The van der Waals surface area contributed by atoms with Crippen LogP contribution in [0.25, 0.3) is 11.1 Å². The highest BCUT2D eigenvalue weighted by atomic mass is 16.5. The Bertz CT molecular complexity index is 1190. The summed E-state index contributed by atoms with van der Waals surface area (Å²) >= 11 is 0. The molecule has 35 heavy (non-hydrogen) atoms. The topological polar surface area (TPSA) is 95.9 Å². The monoisotopic (exact) mass is 472 g/mol. The minimum Gasteiger partial charge on any atom is -0.480 e. The fourth-order valence-electron chi connectivity index (χ4n) is 4.47. The van der Waals surface area contributed by atoms with Crippen molar-refractivity contribution in [2.75, 3.05) is 18.1 Å². The Morgan fingerprint density at radius 3 is 2.06 bits per heavy atom. The number of alkyl carbamates (subject to hydrolysis) is 1. The fourth-order valence-corrected chi connectivity index (χ4v) is 4.47. The summed E-state index contributed by atoms with van der Waals surface area (Å²) in [6, 6.07) is 22.1. The van der Waals surface area contributed by atoms with E-state index >= 15 is 0 Å². The van der Waals surface area contributed by atoms with Crippen LogP contribution in [0, 0.1) is 6.92 Å². The van der Waals surface area contributed by atoms with Gasteiger partial charge < -0.3 is 15.2 Å². The average molecular weight is 473 g/mol. The normalized spacial score (nSPS) is 12.9. The second-order valence-electron chi connectivity index (χ2n) is 8.58. The first-order valence-electron chi connectivity index (χ1n) is 11.6. The maximum Gasteiger partial charge on any atom is 0.407 e. The Balaban J connectivity index is 1.45. The Morgan fingerprint density at radius 2 is 1.51 bits per heavy atom. The Kier molecular flexibility index (Phi) is 7.15. The van der Waals surface area contributed by atoms with Gasteiger partial charge in [-0.15, -0.1) is 0 Å². The lowest BCUT2D eigenvalue weighted by Crippen LogP contribution is -2.50. The number of carboxylic acid groups (broad SMARTS) is 1. The summed E-state index contributed by atoms with van der Waals surface area (Å²) in [4.78, 5) is 38.5. The van der Waals surface area contributed by atoms with Crippen LogP contribution in [0.4, 0.5) is 10.5 Å². The molecule has 2 amide bonds. The zero-order valence-corrected chi connectivity index (χ0v) is 19.7. The molecule has 0 unspecified atom stereocenters. The number of carbonyl (C=O) groups excluding carboxylic acids is 2. The van der Waals surface area contributed by atoms with E-state index in [0.717, 1.165) is 27.8 Å². The third kappa shape index (κ3) is 5.19. The number of hydrogen-bond donors (Lipinski definition) is 2. The predicted molar refractivity (Wildman–Crippen MR) is 133 cm³/mol. The number of anilines is 1. The Labute approximate surface area is 204 Å². The van der Waals surface area contributed by atoms with Gasteiger partial charge in [0.05, 0.1) is 0 Å². The van der Waals surface area contributed by atoms with E-state index in [0.29, 0.717) is 5.69 Å². The van der Waals surface area contributed by atoms with Gasteiger partial charge >= 0.3 is 12.1 Å². The van der Waals surface area contributed by atoms with Crippen LogP contribution in [0.2, 0.25) is 0 Å². The van der Waals surface area contributed by atoms with Gasteiger partial charge in [-0.25, -0.2) is 4.79 Å². The van der Waals surface area contributed by atoms with E-state index in [1.807, 2.05) is 43.3 Å². The van der Waals surface area contributed by atoms with Crippen molar-refractivity contribution in [2.24, 2.45) is 0 Å². The van der Waals surface area contributed by atoms with E-state index < -0.39 is 30.6 Å². The van der Waals surface area contributed by atoms with Crippen LogP contribution in [-0.2, 0) is 14.3 Å². The van der Waals surface area contributed by atoms with Crippen LogP contribution in [0.1, 0.15) is 36.0 Å². The van der Waals surface area contributed by atoms with Crippen LogP contribution in [0.3, 0.4) is 0 Å². The summed E-state index contributed by atoms with van der Waals surface area (Å²) in [5.74, 6) is -1.75. The molecule has 0 spiro atoms. The van der Waals surface area contributed by atoms with Gasteiger partial charge in [-0.05, 0) is 47.7 Å². The number of nitrogens with zero attached hydrogens (tertiary/aromatic N) is 1. The SMILES string of the molecule is CC[C@H](NC(=O)OCC1c2ccccc2-c2ccccc21)C(=O)N(CC(=O)O)c1ccc(C)cc1. The number of hydrogen-bond acceptors (Lipinski definition) is 4. The lowest BCUT2D eigenvalue weighted by Gasteiger charge is -2.26. The third-order valence-electron chi connectivity index (χ3n) is 6.25. The van der Waals surface area contributed by atoms with Gasteiger partial charge in [-0.1, -0.05) is 73.2 Å². The molecule has 1 aliphatic carbocycles. The molecule has 3 aromatic rings. The number of aryl methyl sites for hydroxylation is 1. The molecule has 0 bridgehead atoms. The van der Waals surface area contributed by atoms with Gasteiger partial charge in [0.2, 0.25) is 5.91 Å². The largest absolute Gasteiger partial charge is 0.480 e. The quantitative estimate of drug-likeness (QED) is 0.494. The lowest BCUT2D eigenvalue weighted by molar-refractivity contribution is -0.136. The summed E-state index contributed by atoms with van der Waals surface area (Å²) in [6.07, 6.45) is -0.434. The molecular weight excluding hydrogens is 444 g/mol. The Morgan fingerprint density at radius 1 is 0.943 bits per heavy atom. The van der Waals surface area contributed by atoms with Gasteiger partial charge in [0.1, 0.15) is 19.2 Å². The van der Waals surface area contributed by atoms with Crippen LogP contribution in [0.5, 0.6) is 0 Å². The molecule has 1 atom stereocenters. The first-order valence-corrected chi connectivity index (χ1v) is 11.6. The van der Waals surface area contributed by atoms with Crippen molar-refractivity contribution in [2.45, 2.75) is 32.2 Å². The third-order valence-corrected chi connectivity index (χ3v) is 6.25. The minimum absolute atomic E-state index is 0.0972. The maximum atomic E-state index is 13.2. The summed E-state index contributed by atoms with van der Waals surface area (Å²) in [7, 11) is 0. The molecular formula is C28H28N2O5. The van der Waals surface area contributed by atoms with Crippen molar-refractivity contribution >= 4 is 23.7 Å². The number of carboxylic acids is 1. The molecule has 4 rings (SSSR count). The molecule has 1 aliphatic rings. The van der Waals surface area contributed by atoms with Gasteiger partial charge in [0.25, 0.3) is 0 Å². The second kappa shape index (κ2) is 10.4. The van der Waals surface area contributed by atoms with Crippen LogP contribution < -0.4 is 10.2 Å². The molecule has 0 saturated heterocycles. The lowest BCUT2D eigenvalue weighted by atomic mass is 9.98. The predicted octanol–water partition coefficient (Wildman–Crippen LogP) is 4.73. The minimum atomic E-state index is -1.14. The highest BCUT2D eigenvalue weighted by molar-refractivity contribution is 6.01. The highest BCUT2D eigenvalue weighted by Gasteiger charge is 2.31. The van der Waals surface area contributed by atoms with E-state index in [2.05, 4.69) is 17.4 Å². The van der Waals surface area contributed by atoms with E-state index in [1.165, 1.54) is 4.90 Å². The average Bonchev–Trinajstić information content (AvgIpc) is 3.18. The zero-order chi connectivity index (χ0) is 24.9. The second-order valence-corrected chi connectivity index (χ2v) is 8.58. The number of ether oxygens (including phenoxy) is 1. The number of nitrogens with one attached hydrogen (secondary N) is 1. The molecule has 2 N–H and O–H groups in total. The zero-order valence-electron chi connectivity index (χ0n) is 19.7. The van der Waals surface area contributed by atoms with Crippen LogP contribution in [0.15, 0.2) is 72.8 Å². The standard InChI is InChI=1S/C28H28N2O5/c1-3-25(27(33)30(16-26(31)32)19-14-12-18(2)13-15-19)29-28(34)35-17-24-22-10-6-4-8-20(22)21-9-5-7-11-23(21)24/h4-15,24-25H,3,16-17H2,1-2H3,(H,29,34)(H,31,32)/t25-/m0/s1. The van der Waals surface area contributed by atoms with Gasteiger partial charge in [0.15, 0.2) is 0 Å². The van der Waals surface area contributed by atoms with Gasteiger partial charge in [-0.3, -0.25) is 14.5 Å². The summed E-state index contributed by atoms with van der Waals surface area (Å²) in [5, 5.41) is 12.0. The number of aliphatic carboxylic acids is 1. The molecule has 0 fully saturated rings. The van der Waals surface area contributed by atoms with Crippen molar-refractivity contribution < 1.29 is 24.2 Å². The van der Waals surface area contributed by atoms with Crippen molar-refractivity contribution in [3.8, 4) is 11.1 Å². The fraction of sp³-hybridized carbons (Fsp3) is 0.250. The molecule has 0 aromatic heterocycles. The van der Waals surface area contributed by atoms with E-state index in [9.17, 15) is 19.5 Å². The number of fused-ring (bicyclic) bond motifs is 3. The highest BCUT2D eigenvalue weighted by Crippen LogP contribution is 2.44. The van der Waals surface area contributed by atoms with Gasteiger partial charge in [-0.2, -0.15) is 0 Å². The summed E-state index contributed by atoms with van der Waals surface area (Å²) < 4.78 is 5.57. The van der Waals surface area contributed by atoms with E-state index in [4.69, 9.17) is 4.74 Å². The number of rotatable bonds is 8. The van der Waals surface area contributed by atoms with Crippen molar-refractivity contribution in [1.29, 1.82) is 0 Å². The van der Waals surface area contributed by atoms with E-state index in [-0.39, 0.29) is 18.9 Å². The molecule has 0 saturated carbocycles. The van der Waals surface area contributed by atoms with E-state index in [1.54, 1.807) is 31.2 Å². The Hall–Kier alpha value is -4.13. The van der Waals surface area contributed by atoms with Gasteiger partial charge in [0, 0.05) is 11.6 Å². The maximum absolute atomic E-state index is 13.2. The van der Waals surface area contributed by atoms with Crippen molar-refractivity contribution in [3.05, 3.63) is 89.5 Å².